The summed E-state index contributed by atoms with van der Waals surface area (Å²) in [7, 11) is -3.54. The quantitative estimate of drug-likeness (QED) is 0.786. The number of aliphatic hydroxyl groups is 1. The lowest BCUT2D eigenvalue weighted by molar-refractivity contribution is 0.218. The highest BCUT2D eigenvalue weighted by molar-refractivity contribution is 7.91. The number of aliphatic hydroxyl groups excluding tert-OH is 1. The van der Waals surface area contributed by atoms with E-state index in [4.69, 9.17) is 22.4 Å². The van der Waals surface area contributed by atoms with Crippen LogP contribution < -0.4 is 5.73 Å². The summed E-state index contributed by atoms with van der Waals surface area (Å²) in [6, 6.07) is 4.17. The molecule has 0 spiro atoms. The molecule has 1 rings (SSSR count). The summed E-state index contributed by atoms with van der Waals surface area (Å²) in [6.45, 7) is 1.41. The first-order valence-electron chi connectivity index (χ1n) is 4.29. The van der Waals surface area contributed by atoms with E-state index in [0.717, 1.165) is 0 Å². The Hall–Kier alpha value is -0.780. The molecular formula is C9H12ClNO3S. The highest BCUT2D eigenvalue weighted by Crippen LogP contribution is 2.23. The van der Waals surface area contributed by atoms with Gasteiger partial charge in [-0.3, -0.25) is 0 Å². The van der Waals surface area contributed by atoms with Crippen molar-refractivity contribution in [1.29, 1.82) is 0 Å². The lowest BCUT2D eigenvalue weighted by Gasteiger charge is -2.09. The highest BCUT2D eigenvalue weighted by atomic mass is 35.5. The van der Waals surface area contributed by atoms with Gasteiger partial charge in [-0.1, -0.05) is 11.6 Å². The van der Waals surface area contributed by atoms with Crippen molar-refractivity contribution in [3.8, 4) is 0 Å². The molecule has 1 unspecified atom stereocenters. The van der Waals surface area contributed by atoms with Crippen LogP contribution in [0.15, 0.2) is 23.1 Å². The molecular weight excluding hydrogens is 238 g/mol. The zero-order chi connectivity index (χ0) is 11.6. The third-order valence-corrected chi connectivity index (χ3v) is 3.97. The van der Waals surface area contributed by atoms with E-state index >= 15 is 0 Å². The molecule has 0 heterocycles. The average molecular weight is 250 g/mol. The van der Waals surface area contributed by atoms with Gasteiger partial charge in [0, 0.05) is 5.02 Å². The summed E-state index contributed by atoms with van der Waals surface area (Å²) in [5.74, 6) is -0.348. The number of sulfone groups is 1. The second-order valence-corrected chi connectivity index (χ2v) is 5.75. The summed E-state index contributed by atoms with van der Waals surface area (Å²) >= 11 is 5.65. The third kappa shape index (κ3) is 3.09. The Morgan fingerprint density at radius 1 is 1.53 bits per heavy atom. The number of hydrogen-bond acceptors (Lipinski definition) is 4. The molecule has 0 aliphatic rings. The Morgan fingerprint density at radius 3 is 2.60 bits per heavy atom. The molecule has 0 saturated carbocycles. The molecule has 6 heteroatoms. The number of nitrogen functional groups attached to an aromatic ring is 1. The minimum atomic E-state index is -3.54. The molecule has 0 amide bonds. The largest absolute Gasteiger partial charge is 0.398 e. The van der Waals surface area contributed by atoms with Crippen molar-refractivity contribution in [3.63, 3.8) is 0 Å². The van der Waals surface area contributed by atoms with Crippen LogP contribution in [0.5, 0.6) is 0 Å². The van der Waals surface area contributed by atoms with E-state index in [0.29, 0.717) is 5.02 Å². The summed E-state index contributed by atoms with van der Waals surface area (Å²) < 4.78 is 23.4. The molecule has 1 atom stereocenters. The van der Waals surface area contributed by atoms with Gasteiger partial charge in [0.05, 0.1) is 22.4 Å². The van der Waals surface area contributed by atoms with Crippen LogP contribution in [0.25, 0.3) is 0 Å². The molecule has 0 aliphatic heterocycles. The molecule has 3 N–H and O–H groups in total. The zero-order valence-electron chi connectivity index (χ0n) is 8.14. The van der Waals surface area contributed by atoms with E-state index in [9.17, 15) is 8.42 Å². The fourth-order valence-corrected chi connectivity index (χ4v) is 2.90. The van der Waals surface area contributed by atoms with Gasteiger partial charge in [-0.2, -0.15) is 0 Å². The van der Waals surface area contributed by atoms with Crippen LogP contribution in [0, 0.1) is 0 Å². The monoisotopic (exact) mass is 249 g/mol. The van der Waals surface area contributed by atoms with Gasteiger partial charge >= 0.3 is 0 Å². The van der Waals surface area contributed by atoms with Gasteiger partial charge in [-0.15, -0.1) is 0 Å². The number of halogens is 1. The minimum absolute atomic E-state index is 0.00722. The van der Waals surface area contributed by atoms with Gasteiger partial charge in [0.1, 0.15) is 0 Å². The van der Waals surface area contributed by atoms with Crippen LogP contribution in [-0.2, 0) is 9.84 Å². The van der Waals surface area contributed by atoms with Crippen LogP contribution in [0.2, 0.25) is 5.02 Å². The third-order valence-electron chi connectivity index (χ3n) is 1.77. The number of rotatable bonds is 3. The molecule has 4 nitrogen and oxygen atoms in total. The first kappa shape index (κ1) is 12.3. The minimum Gasteiger partial charge on any atom is -0.398 e. The topological polar surface area (TPSA) is 80.4 Å². The SMILES string of the molecule is CC(O)CS(=O)(=O)c1ccc(Cl)cc1N. The smallest absolute Gasteiger partial charge is 0.182 e. The standard InChI is InChI=1S/C9H12ClNO3S/c1-6(12)5-15(13,14)9-3-2-7(10)4-8(9)11/h2-4,6,12H,5,11H2,1H3. The van der Waals surface area contributed by atoms with Gasteiger partial charge in [-0.05, 0) is 25.1 Å². The van der Waals surface area contributed by atoms with Crippen molar-refractivity contribution in [3.05, 3.63) is 23.2 Å². The van der Waals surface area contributed by atoms with Crippen molar-refractivity contribution in [1.82, 2.24) is 0 Å². The van der Waals surface area contributed by atoms with E-state index in [1.807, 2.05) is 0 Å². The van der Waals surface area contributed by atoms with E-state index in [2.05, 4.69) is 0 Å². The first-order chi connectivity index (χ1) is 6.83. The first-order valence-corrected chi connectivity index (χ1v) is 6.32. The predicted octanol–water partition coefficient (Wildman–Crippen LogP) is 1.08. The van der Waals surface area contributed by atoms with Crippen LogP contribution in [0.3, 0.4) is 0 Å². The molecule has 0 aromatic heterocycles. The fraction of sp³-hybridized carbons (Fsp3) is 0.333. The molecule has 15 heavy (non-hydrogen) atoms. The molecule has 0 radical (unpaired) electrons. The van der Waals surface area contributed by atoms with Crippen LogP contribution in [0.4, 0.5) is 5.69 Å². The summed E-state index contributed by atoms with van der Waals surface area (Å²) in [6.07, 6.45) is -0.926. The number of nitrogens with two attached hydrogens (primary N) is 1. The van der Waals surface area contributed by atoms with Crippen molar-refractivity contribution < 1.29 is 13.5 Å². The van der Waals surface area contributed by atoms with E-state index in [-0.39, 0.29) is 16.3 Å². The Labute approximate surface area is 93.6 Å². The Bertz CT molecular complexity index is 456. The predicted molar refractivity (Wildman–Crippen MR) is 59.6 cm³/mol. The van der Waals surface area contributed by atoms with Crippen LogP contribution >= 0.6 is 11.6 Å². The fourth-order valence-electron chi connectivity index (χ4n) is 1.21. The van der Waals surface area contributed by atoms with Crippen molar-refractivity contribution in [2.45, 2.75) is 17.9 Å². The molecule has 0 aliphatic carbocycles. The van der Waals surface area contributed by atoms with Gasteiger partial charge in [0.2, 0.25) is 0 Å². The maximum Gasteiger partial charge on any atom is 0.182 e. The Balaban J connectivity index is 3.16. The van der Waals surface area contributed by atoms with Crippen molar-refractivity contribution in [2.75, 3.05) is 11.5 Å². The van der Waals surface area contributed by atoms with Crippen LogP contribution in [0.1, 0.15) is 6.92 Å². The van der Waals surface area contributed by atoms with E-state index in [1.165, 1.54) is 25.1 Å². The molecule has 1 aromatic rings. The van der Waals surface area contributed by atoms with Gasteiger partial charge in [0.15, 0.2) is 9.84 Å². The van der Waals surface area contributed by atoms with Gasteiger partial charge in [-0.25, -0.2) is 8.42 Å². The molecule has 0 bridgehead atoms. The molecule has 1 aromatic carbocycles. The van der Waals surface area contributed by atoms with Crippen molar-refractivity contribution in [2.24, 2.45) is 0 Å². The maximum atomic E-state index is 11.7. The number of benzene rings is 1. The zero-order valence-corrected chi connectivity index (χ0v) is 9.72. The average Bonchev–Trinajstić information content (AvgIpc) is 1.99. The Morgan fingerprint density at radius 2 is 2.13 bits per heavy atom. The van der Waals surface area contributed by atoms with E-state index < -0.39 is 15.9 Å². The summed E-state index contributed by atoms with van der Waals surface area (Å²) in [5, 5.41) is 9.43. The molecule has 84 valence electrons. The maximum absolute atomic E-state index is 11.7. The number of hydrogen-bond donors (Lipinski definition) is 2. The second kappa shape index (κ2) is 4.38. The molecule has 0 saturated heterocycles. The van der Waals surface area contributed by atoms with Gasteiger partial charge in [0.25, 0.3) is 0 Å². The van der Waals surface area contributed by atoms with Gasteiger partial charge < -0.3 is 10.8 Å². The summed E-state index contributed by atoms with van der Waals surface area (Å²) in [4.78, 5) is 0.00722. The number of anilines is 1. The lowest BCUT2D eigenvalue weighted by Crippen LogP contribution is -2.18. The Kier molecular flexibility index (Phi) is 3.59. The van der Waals surface area contributed by atoms with Crippen molar-refractivity contribution >= 4 is 27.1 Å². The van der Waals surface area contributed by atoms with Crippen LogP contribution in [-0.4, -0.2) is 25.4 Å². The normalized spacial score (nSPS) is 13.8. The lowest BCUT2D eigenvalue weighted by atomic mass is 10.3. The molecule has 0 fully saturated rings. The van der Waals surface area contributed by atoms with E-state index in [1.54, 1.807) is 0 Å². The highest BCUT2D eigenvalue weighted by Gasteiger charge is 2.19. The summed E-state index contributed by atoms with van der Waals surface area (Å²) in [5.41, 5.74) is 5.64. The second-order valence-electron chi connectivity index (χ2n) is 3.31.